The zero-order valence-electron chi connectivity index (χ0n) is 28.5. The fourth-order valence-electron chi connectivity index (χ4n) is 7.08. The van der Waals surface area contributed by atoms with E-state index in [4.69, 9.17) is 9.72 Å². The van der Waals surface area contributed by atoms with Crippen molar-refractivity contribution < 1.29 is 32.6 Å². The summed E-state index contributed by atoms with van der Waals surface area (Å²) >= 11 is 0. The Kier molecular flexibility index (Phi) is 9.61. The second-order valence-electron chi connectivity index (χ2n) is 13.6. The SMILES string of the molecule is CC[C@H]1CN(C(=O)Nc2ccc(CN3CCN(C)CC3)c(C(F)(F)F)c2)Cc2cc(Oc3ccnc4[nH]c(C(=O)N5CC[C@H](O)C5)cc34)cnc21. The summed E-state index contributed by atoms with van der Waals surface area (Å²) in [5, 5.41) is 13.2. The number of H-pyrrole nitrogens is 1. The molecule has 0 unspecified atom stereocenters. The molecule has 2 fully saturated rings. The Bertz CT molecular complexity index is 1930. The van der Waals surface area contributed by atoms with Crippen molar-refractivity contribution in [2.24, 2.45) is 0 Å². The number of nitrogens with one attached hydrogen (secondary N) is 2. The number of nitrogens with zero attached hydrogens (tertiary/aromatic N) is 6. The van der Waals surface area contributed by atoms with Gasteiger partial charge in [0.25, 0.3) is 5.91 Å². The van der Waals surface area contributed by atoms with Gasteiger partial charge in [-0.05, 0) is 61.3 Å². The third-order valence-electron chi connectivity index (χ3n) is 10.0. The first-order valence-corrected chi connectivity index (χ1v) is 17.2. The maximum Gasteiger partial charge on any atom is 0.416 e. The molecule has 3 aromatic heterocycles. The maximum absolute atomic E-state index is 14.2. The highest BCUT2D eigenvalue weighted by molar-refractivity contribution is 5.99. The number of anilines is 1. The molecule has 2 saturated heterocycles. The van der Waals surface area contributed by atoms with E-state index in [2.05, 4.69) is 20.2 Å². The molecule has 6 heterocycles. The number of hydrogen-bond donors (Lipinski definition) is 3. The zero-order chi connectivity index (χ0) is 35.9. The molecule has 3 amide bonds. The smallest absolute Gasteiger partial charge is 0.416 e. The number of fused-ring (bicyclic) bond motifs is 2. The van der Waals surface area contributed by atoms with Crippen LogP contribution in [0, 0.1) is 0 Å². The first kappa shape index (κ1) is 34.7. The van der Waals surface area contributed by atoms with Crippen LogP contribution in [0.25, 0.3) is 11.0 Å². The lowest BCUT2D eigenvalue weighted by Gasteiger charge is -2.34. The summed E-state index contributed by atoms with van der Waals surface area (Å²) in [5.41, 5.74) is 1.92. The first-order chi connectivity index (χ1) is 24.4. The molecule has 3 aliphatic heterocycles. The maximum atomic E-state index is 14.2. The van der Waals surface area contributed by atoms with E-state index >= 15 is 0 Å². The van der Waals surface area contributed by atoms with Crippen molar-refractivity contribution in [3.63, 3.8) is 0 Å². The number of rotatable bonds is 7. The topological polar surface area (TPSA) is 130 Å². The Morgan fingerprint density at radius 1 is 1.04 bits per heavy atom. The molecular formula is C36H41F3N8O4. The first-order valence-electron chi connectivity index (χ1n) is 17.2. The number of benzene rings is 1. The molecule has 270 valence electrons. The number of piperazine rings is 1. The number of β-amino-alcohol motifs (C(OH)–C–C–N with tert-alkyl or cyclic N) is 1. The van der Waals surface area contributed by atoms with Crippen LogP contribution in [-0.2, 0) is 19.3 Å². The Hall–Kier alpha value is -4.73. The number of aromatic nitrogens is 3. The molecule has 4 aromatic rings. The van der Waals surface area contributed by atoms with Gasteiger partial charge in [0.2, 0.25) is 0 Å². The van der Waals surface area contributed by atoms with Crippen molar-refractivity contribution in [2.75, 3.05) is 58.2 Å². The third kappa shape index (κ3) is 7.51. The van der Waals surface area contributed by atoms with E-state index < -0.39 is 23.9 Å². The van der Waals surface area contributed by atoms with Crippen molar-refractivity contribution in [1.29, 1.82) is 0 Å². The number of ether oxygens (including phenoxy) is 1. The lowest BCUT2D eigenvalue weighted by Crippen LogP contribution is -2.44. The number of pyridine rings is 2. The molecule has 0 spiro atoms. The molecule has 0 bridgehead atoms. The number of hydrogen-bond acceptors (Lipinski definition) is 8. The third-order valence-corrected chi connectivity index (χ3v) is 10.0. The van der Waals surface area contributed by atoms with Gasteiger partial charge in [-0.1, -0.05) is 13.0 Å². The Morgan fingerprint density at radius 2 is 1.84 bits per heavy atom. The number of carbonyl (C=O) groups excluding carboxylic acids is 2. The number of halogens is 3. The summed E-state index contributed by atoms with van der Waals surface area (Å²) in [7, 11) is 2.00. The number of amides is 3. The molecule has 7 rings (SSSR count). The van der Waals surface area contributed by atoms with Gasteiger partial charge in [-0.25, -0.2) is 9.78 Å². The number of aliphatic hydroxyl groups is 1. The van der Waals surface area contributed by atoms with E-state index in [0.717, 1.165) is 30.4 Å². The van der Waals surface area contributed by atoms with Crippen molar-refractivity contribution in [3.05, 3.63) is 76.9 Å². The fraction of sp³-hybridized carbons (Fsp3) is 0.444. The summed E-state index contributed by atoms with van der Waals surface area (Å²) in [4.78, 5) is 46.0. The van der Waals surface area contributed by atoms with Gasteiger partial charge < -0.3 is 34.8 Å². The van der Waals surface area contributed by atoms with Crippen LogP contribution in [0.1, 0.15) is 58.6 Å². The zero-order valence-corrected chi connectivity index (χ0v) is 28.5. The molecule has 0 radical (unpaired) electrons. The number of urea groups is 1. The summed E-state index contributed by atoms with van der Waals surface area (Å²) in [6.07, 6.45) is -0.690. The highest BCUT2D eigenvalue weighted by Crippen LogP contribution is 2.37. The molecule has 12 nitrogen and oxygen atoms in total. The number of alkyl halides is 3. The van der Waals surface area contributed by atoms with Crippen LogP contribution in [0.2, 0.25) is 0 Å². The molecule has 51 heavy (non-hydrogen) atoms. The summed E-state index contributed by atoms with van der Waals surface area (Å²) in [5.74, 6) is 0.555. The Labute approximate surface area is 293 Å². The van der Waals surface area contributed by atoms with Crippen LogP contribution in [0.3, 0.4) is 0 Å². The van der Waals surface area contributed by atoms with E-state index in [1.807, 2.05) is 24.9 Å². The predicted octanol–water partition coefficient (Wildman–Crippen LogP) is 5.26. The van der Waals surface area contributed by atoms with E-state index in [1.165, 1.54) is 12.1 Å². The lowest BCUT2D eigenvalue weighted by atomic mass is 9.92. The number of likely N-dealkylation sites (N-methyl/N-ethyl adjacent to an activating group) is 1. The van der Waals surface area contributed by atoms with Crippen LogP contribution >= 0.6 is 0 Å². The average molecular weight is 707 g/mol. The van der Waals surface area contributed by atoms with Crippen molar-refractivity contribution in [1.82, 2.24) is 34.6 Å². The van der Waals surface area contributed by atoms with E-state index in [0.29, 0.717) is 67.2 Å². The minimum absolute atomic E-state index is 0.0791. The molecule has 1 aromatic carbocycles. The van der Waals surface area contributed by atoms with Crippen LogP contribution in [-0.4, -0.2) is 111 Å². The summed E-state index contributed by atoms with van der Waals surface area (Å²) in [6.45, 7) is 6.45. The Balaban J connectivity index is 1.07. The van der Waals surface area contributed by atoms with Gasteiger partial charge in [0.05, 0.1) is 28.9 Å². The Morgan fingerprint density at radius 3 is 2.57 bits per heavy atom. The number of carbonyl (C=O) groups is 2. The number of aromatic amines is 1. The van der Waals surface area contributed by atoms with Gasteiger partial charge in [0.15, 0.2) is 0 Å². The van der Waals surface area contributed by atoms with E-state index in [-0.39, 0.29) is 42.7 Å². The molecule has 0 saturated carbocycles. The highest BCUT2D eigenvalue weighted by Gasteiger charge is 2.35. The van der Waals surface area contributed by atoms with Crippen LogP contribution in [0.15, 0.2) is 48.8 Å². The molecule has 3 aliphatic rings. The highest BCUT2D eigenvalue weighted by atomic mass is 19.4. The van der Waals surface area contributed by atoms with Crippen molar-refractivity contribution in [3.8, 4) is 11.5 Å². The summed E-state index contributed by atoms with van der Waals surface area (Å²) in [6, 6.07) is 8.69. The van der Waals surface area contributed by atoms with E-state index in [1.54, 1.807) is 34.3 Å². The number of aliphatic hydroxyl groups excluding tert-OH is 1. The van der Waals surface area contributed by atoms with Gasteiger partial charge in [0.1, 0.15) is 22.8 Å². The average Bonchev–Trinajstić information content (AvgIpc) is 3.75. The normalized spacial score (nSPS) is 20.1. The van der Waals surface area contributed by atoms with Gasteiger partial charge >= 0.3 is 12.2 Å². The quantitative estimate of drug-likeness (QED) is 0.237. The van der Waals surface area contributed by atoms with Gasteiger partial charge in [-0.3, -0.25) is 14.7 Å². The van der Waals surface area contributed by atoms with E-state index in [9.17, 15) is 27.9 Å². The standard InChI is InChI=1S/C36H41F3N8O4/c1-3-22-19-47(35(50)42-25-5-4-23(29(15-25)36(37,38)39)18-45-12-10-44(2)11-13-45)20-24-14-27(17-41-32(22)24)51-31-6-8-40-33-28(31)16-30(43-33)34(49)46-9-7-26(48)21-46/h4-6,8,14-17,22,26,48H,3,7,9-13,18-21H2,1-2H3,(H,40,43)(H,42,50)/t22-,26-/m0/s1. The second kappa shape index (κ2) is 14.1. The minimum Gasteiger partial charge on any atom is -0.455 e. The number of likely N-dealkylation sites (tertiary alicyclic amines) is 1. The molecule has 0 aliphatic carbocycles. The molecular weight excluding hydrogens is 665 g/mol. The van der Waals surface area contributed by atoms with Gasteiger partial charge in [-0.15, -0.1) is 0 Å². The second-order valence-corrected chi connectivity index (χ2v) is 13.6. The van der Waals surface area contributed by atoms with Crippen molar-refractivity contribution >= 4 is 28.7 Å². The van der Waals surface area contributed by atoms with Gasteiger partial charge in [-0.2, -0.15) is 13.2 Å². The van der Waals surface area contributed by atoms with Crippen LogP contribution in [0.4, 0.5) is 23.7 Å². The van der Waals surface area contributed by atoms with Crippen molar-refractivity contribution in [2.45, 2.75) is 51.1 Å². The monoisotopic (exact) mass is 706 g/mol. The van der Waals surface area contributed by atoms with Crippen LogP contribution in [0.5, 0.6) is 11.5 Å². The van der Waals surface area contributed by atoms with Crippen LogP contribution < -0.4 is 10.1 Å². The molecule has 15 heteroatoms. The fourth-order valence-corrected chi connectivity index (χ4v) is 7.08. The molecule has 3 N–H and O–H groups in total. The molecule has 2 atom stereocenters. The largest absolute Gasteiger partial charge is 0.455 e. The predicted molar refractivity (Wildman–Crippen MR) is 184 cm³/mol. The van der Waals surface area contributed by atoms with Gasteiger partial charge in [0, 0.05) is 76.7 Å². The summed E-state index contributed by atoms with van der Waals surface area (Å²) < 4.78 is 48.8. The lowest BCUT2D eigenvalue weighted by molar-refractivity contribution is -0.138. The minimum atomic E-state index is -4.57.